The highest BCUT2D eigenvalue weighted by molar-refractivity contribution is 5.73. The molecule has 1 atom stereocenters. The van der Waals surface area contributed by atoms with Crippen molar-refractivity contribution in [3.05, 3.63) is 40.3 Å². The molecule has 1 unspecified atom stereocenters. The number of nitrogens with zero attached hydrogens (tertiary/aromatic N) is 2. The summed E-state index contributed by atoms with van der Waals surface area (Å²) < 4.78 is 4.70. The van der Waals surface area contributed by atoms with Crippen LogP contribution in [0.5, 0.6) is 0 Å². The van der Waals surface area contributed by atoms with Crippen LogP contribution in [0.3, 0.4) is 0 Å². The Morgan fingerprint density at radius 3 is 2.86 bits per heavy atom. The van der Waals surface area contributed by atoms with E-state index in [2.05, 4.69) is 9.97 Å². The average Bonchev–Trinajstić information content (AvgIpc) is 2.47. The van der Waals surface area contributed by atoms with E-state index < -0.39 is 0 Å². The molecular weight excluding hydrogens is 270 g/mol. The van der Waals surface area contributed by atoms with Gasteiger partial charge in [0, 0.05) is 13.1 Å². The van der Waals surface area contributed by atoms with E-state index in [0.717, 1.165) is 11.0 Å². The number of H-pyrrole nitrogens is 1. The zero-order chi connectivity index (χ0) is 15.4. The van der Waals surface area contributed by atoms with E-state index >= 15 is 0 Å². The van der Waals surface area contributed by atoms with Crippen LogP contribution in [0.25, 0.3) is 11.0 Å². The molecule has 2 aromatic rings. The minimum atomic E-state index is -0.262. The van der Waals surface area contributed by atoms with Crippen molar-refractivity contribution in [1.82, 2.24) is 14.9 Å². The molecule has 6 heteroatoms. The lowest BCUT2D eigenvalue weighted by molar-refractivity contribution is -0.145. The second-order valence-corrected chi connectivity index (χ2v) is 5.15. The minimum Gasteiger partial charge on any atom is -0.469 e. The van der Waals surface area contributed by atoms with E-state index in [4.69, 9.17) is 4.74 Å². The summed E-state index contributed by atoms with van der Waals surface area (Å²) in [5.74, 6) is -0.512. The van der Waals surface area contributed by atoms with Crippen LogP contribution in [0, 0.1) is 5.92 Å². The predicted molar refractivity (Wildman–Crippen MR) is 79.9 cm³/mol. The van der Waals surface area contributed by atoms with Gasteiger partial charge in [0.1, 0.15) is 5.69 Å². The van der Waals surface area contributed by atoms with E-state index in [0.29, 0.717) is 18.8 Å². The molecule has 2 rings (SSSR count). The number of ether oxygens (including phenoxy) is 1. The summed E-state index contributed by atoms with van der Waals surface area (Å²) in [4.78, 5) is 32.5. The topological polar surface area (TPSA) is 75.3 Å². The molecule has 1 heterocycles. The van der Waals surface area contributed by atoms with Gasteiger partial charge in [-0.3, -0.25) is 14.5 Å². The molecule has 112 valence electrons. The number of aromatic nitrogens is 2. The number of methoxy groups -OCH3 is 1. The van der Waals surface area contributed by atoms with Crippen LogP contribution in [0.15, 0.2) is 29.1 Å². The van der Waals surface area contributed by atoms with Crippen LogP contribution in [0.2, 0.25) is 0 Å². The molecule has 0 bridgehead atoms. The Balaban J connectivity index is 2.14. The van der Waals surface area contributed by atoms with Crippen molar-refractivity contribution in [3.63, 3.8) is 0 Å². The van der Waals surface area contributed by atoms with Crippen molar-refractivity contribution in [2.75, 3.05) is 20.7 Å². The summed E-state index contributed by atoms with van der Waals surface area (Å²) in [5, 5.41) is 0. The molecule has 1 N–H and O–H groups in total. The van der Waals surface area contributed by atoms with Crippen molar-refractivity contribution in [2.24, 2.45) is 5.92 Å². The first-order valence-electron chi connectivity index (χ1n) is 6.75. The van der Waals surface area contributed by atoms with E-state index in [1.54, 1.807) is 6.92 Å². The molecule has 21 heavy (non-hydrogen) atoms. The normalized spacial score (nSPS) is 12.6. The SMILES string of the molecule is COC(=O)C(C)CN(C)Cc1nc2ccccc2[nH]c1=O. The fraction of sp³-hybridized carbons (Fsp3) is 0.400. The van der Waals surface area contributed by atoms with Crippen LogP contribution in [0.4, 0.5) is 0 Å². The molecule has 0 spiro atoms. The van der Waals surface area contributed by atoms with Gasteiger partial charge in [-0.05, 0) is 19.2 Å². The summed E-state index contributed by atoms with van der Waals surface area (Å²) >= 11 is 0. The molecule has 1 aromatic carbocycles. The van der Waals surface area contributed by atoms with Gasteiger partial charge < -0.3 is 9.72 Å². The van der Waals surface area contributed by atoms with Gasteiger partial charge in [0.25, 0.3) is 5.56 Å². The Morgan fingerprint density at radius 1 is 1.43 bits per heavy atom. The first-order valence-corrected chi connectivity index (χ1v) is 6.75. The second-order valence-electron chi connectivity index (χ2n) is 5.15. The molecule has 0 saturated heterocycles. The highest BCUT2D eigenvalue weighted by Crippen LogP contribution is 2.08. The first kappa shape index (κ1) is 15.2. The molecule has 0 aliphatic heterocycles. The molecule has 0 aliphatic rings. The summed E-state index contributed by atoms with van der Waals surface area (Å²) in [7, 11) is 3.21. The number of aromatic amines is 1. The Morgan fingerprint density at radius 2 is 2.14 bits per heavy atom. The van der Waals surface area contributed by atoms with E-state index in [1.165, 1.54) is 7.11 Å². The van der Waals surface area contributed by atoms with Crippen molar-refractivity contribution in [2.45, 2.75) is 13.5 Å². The number of hydrogen-bond acceptors (Lipinski definition) is 5. The Labute approximate surface area is 122 Å². The summed E-state index contributed by atoms with van der Waals surface area (Å²) in [6.45, 7) is 2.67. The van der Waals surface area contributed by atoms with Gasteiger partial charge in [-0.2, -0.15) is 0 Å². The number of fused-ring (bicyclic) bond motifs is 1. The quantitative estimate of drug-likeness (QED) is 0.836. The monoisotopic (exact) mass is 289 g/mol. The highest BCUT2D eigenvalue weighted by Gasteiger charge is 2.16. The van der Waals surface area contributed by atoms with E-state index in [-0.39, 0.29) is 17.4 Å². The van der Waals surface area contributed by atoms with Crippen LogP contribution in [-0.4, -0.2) is 41.5 Å². The van der Waals surface area contributed by atoms with Gasteiger partial charge in [-0.15, -0.1) is 0 Å². The molecule has 0 saturated carbocycles. The maximum atomic E-state index is 12.0. The third kappa shape index (κ3) is 3.66. The molecule has 0 aliphatic carbocycles. The molecule has 0 radical (unpaired) electrons. The van der Waals surface area contributed by atoms with E-state index in [9.17, 15) is 9.59 Å². The summed E-state index contributed by atoms with van der Waals surface area (Å²) in [6.07, 6.45) is 0. The summed E-state index contributed by atoms with van der Waals surface area (Å²) in [5.41, 5.74) is 1.71. The zero-order valence-corrected chi connectivity index (χ0v) is 12.4. The van der Waals surface area contributed by atoms with Crippen LogP contribution >= 0.6 is 0 Å². The lowest BCUT2D eigenvalue weighted by Crippen LogP contribution is -2.31. The van der Waals surface area contributed by atoms with Gasteiger partial charge >= 0.3 is 5.97 Å². The molecule has 6 nitrogen and oxygen atoms in total. The van der Waals surface area contributed by atoms with Crippen molar-refractivity contribution in [3.8, 4) is 0 Å². The number of carbonyl (C=O) groups is 1. The lowest BCUT2D eigenvalue weighted by Gasteiger charge is -2.19. The fourth-order valence-corrected chi connectivity index (χ4v) is 2.24. The van der Waals surface area contributed by atoms with Gasteiger partial charge in [0.15, 0.2) is 0 Å². The Hall–Kier alpha value is -2.21. The third-order valence-corrected chi connectivity index (χ3v) is 3.28. The Kier molecular flexibility index (Phi) is 4.70. The Bertz CT molecular complexity index is 696. The maximum Gasteiger partial charge on any atom is 0.309 e. The summed E-state index contributed by atoms with van der Waals surface area (Å²) in [6, 6.07) is 7.40. The van der Waals surface area contributed by atoms with Gasteiger partial charge in [-0.1, -0.05) is 19.1 Å². The van der Waals surface area contributed by atoms with Crippen LogP contribution < -0.4 is 5.56 Å². The number of carbonyl (C=O) groups excluding carboxylic acids is 1. The highest BCUT2D eigenvalue weighted by atomic mass is 16.5. The van der Waals surface area contributed by atoms with Gasteiger partial charge in [0.2, 0.25) is 0 Å². The second kappa shape index (κ2) is 6.49. The molecule has 0 amide bonds. The fourth-order valence-electron chi connectivity index (χ4n) is 2.24. The molecular formula is C15H19N3O3. The van der Waals surface area contributed by atoms with Gasteiger partial charge in [-0.25, -0.2) is 4.98 Å². The first-order chi connectivity index (χ1) is 10.0. The molecule has 1 aromatic heterocycles. The number of rotatable bonds is 5. The minimum absolute atomic E-state index is 0.203. The molecule has 0 fully saturated rings. The average molecular weight is 289 g/mol. The van der Waals surface area contributed by atoms with Crippen molar-refractivity contribution in [1.29, 1.82) is 0 Å². The van der Waals surface area contributed by atoms with Gasteiger partial charge in [0.05, 0.1) is 24.1 Å². The number of benzene rings is 1. The van der Waals surface area contributed by atoms with Crippen molar-refractivity contribution < 1.29 is 9.53 Å². The number of hydrogen-bond donors (Lipinski definition) is 1. The lowest BCUT2D eigenvalue weighted by atomic mass is 10.1. The van der Waals surface area contributed by atoms with Crippen molar-refractivity contribution >= 4 is 17.0 Å². The number of para-hydroxylation sites is 2. The maximum absolute atomic E-state index is 12.0. The smallest absolute Gasteiger partial charge is 0.309 e. The largest absolute Gasteiger partial charge is 0.469 e. The standard InChI is InChI=1S/C15H19N3O3/c1-10(15(20)21-3)8-18(2)9-13-14(19)17-12-7-5-4-6-11(12)16-13/h4-7,10H,8-9H2,1-3H3,(H,17,19). The third-order valence-electron chi connectivity index (χ3n) is 3.28. The van der Waals surface area contributed by atoms with Crippen LogP contribution in [-0.2, 0) is 16.1 Å². The predicted octanol–water partition coefficient (Wildman–Crippen LogP) is 1.16. The van der Waals surface area contributed by atoms with E-state index in [1.807, 2.05) is 36.2 Å². The van der Waals surface area contributed by atoms with Crippen LogP contribution in [0.1, 0.15) is 12.6 Å². The number of nitrogens with one attached hydrogen (secondary N) is 1. The zero-order valence-electron chi connectivity index (χ0n) is 12.4. The number of esters is 1.